The average Bonchev–Trinajstić information content (AvgIpc) is 3.46. The maximum absolute atomic E-state index is 13.2. The number of aliphatic hydroxyl groups excluding tert-OH is 7. The van der Waals surface area contributed by atoms with E-state index < -0.39 is 74.2 Å². The van der Waals surface area contributed by atoms with Crippen LogP contribution in [0.5, 0.6) is 0 Å². The first-order valence-corrected chi connectivity index (χ1v) is 32.7. The molecule has 78 heavy (non-hydrogen) atoms. The van der Waals surface area contributed by atoms with Crippen molar-refractivity contribution >= 4 is 5.91 Å². The minimum atomic E-state index is -1.67. The molecule has 1 aliphatic heterocycles. The number of nitrogens with one attached hydrogen (secondary N) is 1. The predicted octanol–water partition coefficient (Wildman–Crippen LogP) is 15.0. The third kappa shape index (κ3) is 42.6. The average molecular weight is 1100 g/mol. The number of unbranched alkanes of at least 4 members (excludes halogenated alkanes) is 34. The van der Waals surface area contributed by atoms with Gasteiger partial charge in [0.2, 0.25) is 5.91 Å². The molecule has 8 N–H and O–H groups in total. The minimum absolute atomic E-state index is 0.240. The van der Waals surface area contributed by atoms with E-state index in [1.54, 1.807) is 0 Å². The van der Waals surface area contributed by atoms with Gasteiger partial charge in [-0.2, -0.15) is 0 Å². The lowest BCUT2D eigenvalue weighted by Gasteiger charge is -2.40. The van der Waals surface area contributed by atoms with Gasteiger partial charge in [-0.1, -0.05) is 254 Å². The number of aliphatic hydroxyl groups is 7. The molecule has 9 unspecified atom stereocenters. The highest BCUT2D eigenvalue weighted by atomic mass is 16.7. The fourth-order valence-corrected chi connectivity index (χ4v) is 10.2. The summed E-state index contributed by atoms with van der Waals surface area (Å²) in [5.41, 5.74) is 0. The number of amides is 1. The molecule has 1 amide bonds. The molecule has 1 heterocycles. The van der Waals surface area contributed by atoms with Gasteiger partial charge in [-0.05, 0) is 96.3 Å². The number of carbonyl (C=O) groups is 1. The highest BCUT2D eigenvalue weighted by Crippen LogP contribution is 2.23. The molecule has 0 spiro atoms. The van der Waals surface area contributed by atoms with Crippen LogP contribution < -0.4 is 5.32 Å². The molecule has 0 bridgehead atoms. The Hall–Kier alpha value is -2.19. The molecule has 0 aromatic carbocycles. The third-order valence-electron chi connectivity index (χ3n) is 15.5. The molecule has 0 saturated carbocycles. The topological polar surface area (TPSA) is 189 Å². The molecule has 11 heteroatoms. The molecular formula is C67H123NO10. The Morgan fingerprint density at radius 2 is 0.808 bits per heavy atom. The summed E-state index contributed by atoms with van der Waals surface area (Å²) in [6.45, 7) is 3.45. The largest absolute Gasteiger partial charge is 0.394 e. The zero-order valence-electron chi connectivity index (χ0n) is 50.1. The molecule has 1 saturated heterocycles. The highest BCUT2D eigenvalue weighted by Gasteiger charge is 2.44. The van der Waals surface area contributed by atoms with Crippen molar-refractivity contribution in [1.82, 2.24) is 5.32 Å². The van der Waals surface area contributed by atoms with Gasteiger partial charge in [0.1, 0.15) is 36.6 Å². The van der Waals surface area contributed by atoms with Gasteiger partial charge in [0.05, 0.1) is 25.4 Å². The molecule has 0 aliphatic carbocycles. The molecule has 9 atom stereocenters. The van der Waals surface area contributed by atoms with Gasteiger partial charge in [0.15, 0.2) is 6.29 Å². The normalized spacial score (nSPS) is 19.8. The number of hydrogen-bond donors (Lipinski definition) is 8. The van der Waals surface area contributed by atoms with Crippen molar-refractivity contribution in [1.29, 1.82) is 0 Å². The fraction of sp³-hybridized carbons (Fsp3) is 0.836. The first-order valence-electron chi connectivity index (χ1n) is 32.7. The highest BCUT2D eigenvalue weighted by molar-refractivity contribution is 5.80. The van der Waals surface area contributed by atoms with Crippen molar-refractivity contribution in [2.24, 2.45) is 0 Å². The van der Waals surface area contributed by atoms with Crippen molar-refractivity contribution in [3.05, 3.63) is 60.8 Å². The summed E-state index contributed by atoms with van der Waals surface area (Å²) in [4.78, 5) is 13.2. The smallest absolute Gasteiger partial charge is 0.249 e. The van der Waals surface area contributed by atoms with Crippen LogP contribution in [0.25, 0.3) is 0 Å². The molecule has 1 rings (SSSR count). The van der Waals surface area contributed by atoms with Gasteiger partial charge < -0.3 is 50.5 Å². The van der Waals surface area contributed by atoms with Crippen LogP contribution in [0.4, 0.5) is 0 Å². The monoisotopic (exact) mass is 1100 g/mol. The molecule has 11 nitrogen and oxygen atoms in total. The Morgan fingerprint density at radius 1 is 0.449 bits per heavy atom. The zero-order valence-corrected chi connectivity index (χ0v) is 50.1. The van der Waals surface area contributed by atoms with E-state index >= 15 is 0 Å². The van der Waals surface area contributed by atoms with E-state index in [4.69, 9.17) is 9.47 Å². The Bertz CT molecular complexity index is 1450. The number of carbonyl (C=O) groups excluding carboxylic acids is 1. The molecule has 0 aromatic rings. The van der Waals surface area contributed by atoms with Crippen molar-refractivity contribution < 1.29 is 50.0 Å². The van der Waals surface area contributed by atoms with Gasteiger partial charge >= 0.3 is 0 Å². The number of rotatable bonds is 56. The predicted molar refractivity (Wildman–Crippen MR) is 325 cm³/mol. The third-order valence-corrected chi connectivity index (χ3v) is 15.5. The maximum atomic E-state index is 13.2. The van der Waals surface area contributed by atoms with Gasteiger partial charge in [0, 0.05) is 0 Å². The van der Waals surface area contributed by atoms with Gasteiger partial charge in [-0.25, -0.2) is 0 Å². The SMILES string of the molecule is CCCCCCCC/C=C/CC/C=C/CC/C=C/CCCC(O)C(O)C(COC1OC(CO)C(O)C(O)C1O)NC(=O)C(O)CCCCCCCCCCCCCCCCCC/C=C\C/C=C\CCCCCCCCCCC. The van der Waals surface area contributed by atoms with Crippen molar-refractivity contribution in [3.63, 3.8) is 0 Å². The van der Waals surface area contributed by atoms with E-state index in [1.807, 2.05) is 0 Å². The van der Waals surface area contributed by atoms with E-state index in [9.17, 15) is 40.5 Å². The molecular weight excluding hydrogens is 979 g/mol. The first kappa shape index (κ1) is 73.8. The van der Waals surface area contributed by atoms with E-state index in [-0.39, 0.29) is 12.8 Å². The second kappa shape index (κ2) is 55.3. The second-order valence-corrected chi connectivity index (χ2v) is 22.8. The van der Waals surface area contributed by atoms with Crippen LogP contribution in [0.15, 0.2) is 60.8 Å². The van der Waals surface area contributed by atoms with Crippen molar-refractivity contribution in [2.75, 3.05) is 13.2 Å². The van der Waals surface area contributed by atoms with Crippen LogP contribution >= 0.6 is 0 Å². The van der Waals surface area contributed by atoms with Crippen LogP contribution in [-0.4, -0.2) is 110 Å². The summed E-state index contributed by atoms with van der Waals surface area (Å²) in [5.74, 6) is -0.711. The van der Waals surface area contributed by atoms with Gasteiger partial charge in [0.25, 0.3) is 0 Å². The van der Waals surface area contributed by atoms with Crippen LogP contribution in [0, 0.1) is 0 Å². The van der Waals surface area contributed by atoms with E-state index in [1.165, 1.54) is 193 Å². The zero-order chi connectivity index (χ0) is 56.8. The fourth-order valence-electron chi connectivity index (χ4n) is 10.2. The van der Waals surface area contributed by atoms with Crippen LogP contribution in [0.3, 0.4) is 0 Å². The number of allylic oxidation sites excluding steroid dienone is 10. The Balaban J connectivity index is 2.24. The Kier molecular flexibility index (Phi) is 52.4. The van der Waals surface area contributed by atoms with Crippen LogP contribution in [0.1, 0.15) is 290 Å². The molecule has 0 radical (unpaired) electrons. The van der Waals surface area contributed by atoms with Crippen LogP contribution in [-0.2, 0) is 14.3 Å². The molecule has 456 valence electrons. The lowest BCUT2D eigenvalue weighted by atomic mass is 9.98. The van der Waals surface area contributed by atoms with E-state index in [2.05, 4.69) is 79.9 Å². The maximum Gasteiger partial charge on any atom is 0.249 e. The summed E-state index contributed by atoms with van der Waals surface area (Å²) in [7, 11) is 0. The second-order valence-electron chi connectivity index (χ2n) is 22.8. The standard InChI is InChI=1S/C67H123NO10/c1-3-5-7-9-11-13-15-17-19-21-23-24-25-26-27-28-29-30-31-32-33-34-35-37-39-41-43-45-47-49-51-53-55-60(71)66(76)68-58(57-77-67-65(75)64(74)63(73)61(56-69)78-67)62(72)59(70)54-52-50-48-46-44-42-40-38-36-22-20-18-16-14-12-10-8-6-4-2/h18,20,23-24,26-27,38,40,46,48,58-65,67,69-75H,3-17,19,21-22,25,28-37,39,41-45,47,49-57H2,1-2H3,(H,68,76)/b20-18+,24-23-,27-26-,40-38+,48-46+. The van der Waals surface area contributed by atoms with Gasteiger partial charge in [-0.3, -0.25) is 4.79 Å². The van der Waals surface area contributed by atoms with Gasteiger partial charge in [-0.15, -0.1) is 0 Å². The van der Waals surface area contributed by atoms with E-state index in [0.29, 0.717) is 19.3 Å². The summed E-state index contributed by atoms with van der Waals surface area (Å²) >= 11 is 0. The number of hydrogen-bond acceptors (Lipinski definition) is 10. The summed E-state index contributed by atoms with van der Waals surface area (Å²) in [6, 6.07) is -1.20. The summed E-state index contributed by atoms with van der Waals surface area (Å²) < 4.78 is 11.1. The Morgan fingerprint density at radius 3 is 1.22 bits per heavy atom. The van der Waals surface area contributed by atoms with Crippen molar-refractivity contribution in [3.8, 4) is 0 Å². The van der Waals surface area contributed by atoms with E-state index in [0.717, 1.165) is 51.4 Å². The summed E-state index contributed by atoms with van der Waals surface area (Å²) in [5, 5.41) is 76.3. The number of ether oxygens (including phenoxy) is 2. The summed E-state index contributed by atoms with van der Waals surface area (Å²) in [6.07, 6.45) is 61.5. The quantitative estimate of drug-likeness (QED) is 0.0215. The molecule has 1 fully saturated rings. The lowest BCUT2D eigenvalue weighted by Crippen LogP contribution is -2.60. The lowest BCUT2D eigenvalue weighted by molar-refractivity contribution is -0.303. The molecule has 1 aliphatic rings. The van der Waals surface area contributed by atoms with Crippen LogP contribution in [0.2, 0.25) is 0 Å². The first-order chi connectivity index (χ1) is 38.2. The molecule has 0 aromatic heterocycles. The van der Waals surface area contributed by atoms with Crippen molar-refractivity contribution in [2.45, 2.75) is 345 Å². The minimum Gasteiger partial charge on any atom is -0.394 e. The Labute approximate surface area is 478 Å².